The number of rotatable bonds is 6. The zero-order chi connectivity index (χ0) is 22.4. The Morgan fingerprint density at radius 3 is 2.32 bits per heavy atom. The highest BCUT2D eigenvalue weighted by atomic mass is 16.2. The summed E-state index contributed by atoms with van der Waals surface area (Å²) in [5, 5.41) is 8.48. The van der Waals surface area contributed by atoms with Crippen LogP contribution in [-0.2, 0) is 0 Å². The lowest BCUT2D eigenvalue weighted by Gasteiger charge is -2.36. The lowest BCUT2D eigenvalue weighted by Crippen LogP contribution is -2.46. The van der Waals surface area contributed by atoms with E-state index in [1.807, 2.05) is 26.0 Å². The van der Waals surface area contributed by atoms with Gasteiger partial charge in [0, 0.05) is 54.8 Å². The van der Waals surface area contributed by atoms with Gasteiger partial charge in [0.2, 0.25) is 0 Å². The van der Waals surface area contributed by atoms with E-state index in [9.17, 15) is 9.59 Å². The van der Waals surface area contributed by atoms with Crippen molar-refractivity contribution in [1.29, 1.82) is 0 Å². The van der Waals surface area contributed by atoms with Gasteiger partial charge in [0.15, 0.2) is 0 Å². The number of amides is 3. The van der Waals surface area contributed by atoms with Gasteiger partial charge in [0.25, 0.3) is 5.91 Å². The van der Waals surface area contributed by atoms with Crippen LogP contribution in [0.2, 0.25) is 0 Å². The molecule has 0 radical (unpaired) electrons. The molecule has 3 amide bonds. The van der Waals surface area contributed by atoms with Gasteiger partial charge in [-0.3, -0.25) is 4.79 Å². The molecule has 7 heteroatoms. The van der Waals surface area contributed by atoms with Gasteiger partial charge in [0.1, 0.15) is 0 Å². The Kier molecular flexibility index (Phi) is 7.52. The van der Waals surface area contributed by atoms with E-state index in [1.54, 1.807) is 24.3 Å². The third-order valence-corrected chi connectivity index (χ3v) is 5.42. The third-order valence-electron chi connectivity index (χ3n) is 5.42. The van der Waals surface area contributed by atoms with E-state index in [0.717, 1.165) is 44.0 Å². The number of aryl methyl sites for hydroxylation is 1. The van der Waals surface area contributed by atoms with Gasteiger partial charge in [0.05, 0.1) is 0 Å². The molecule has 7 nitrogen and oxygen atoms in total. The zero-order valence-electron chi connectivity index (χ0n) is 18.9. The van der Waals surface area contributed by atoms with Crippen LogP contribution in [0.5, 0.6) is 0 Å². The summed E-state index contributed by atoms with van der Waals surface area (Å²) in [6.45, 7) is 13.3. The molecular weight excluding hydrogens is 390 g/mol. The van der Waals surface area contributed by atoms with Crippen molar-refractivity contribution in [3.63, 3.8) is 0 Å². The maximum Gasteiger partial charge on any atom is 0.319 e. The molecule has 3 rings (SSSR count). The van der Waals surface area contributed by atoms with E-state index in [2.05, 4.69) is 45.7 Å². The second kappa shape index (κ2) is 10.3. The first-order valence-electron chi connectivity index (χ1n) is 10.9. The predicted molar refractivity (Wildman–Crippen MR) is 127 cm³/mol. The first kappa shape index (κ1) is 22.6. The maximum absolute atomic E-state index is 12.7. The lowest BCUT2D eigenvalue weighted by atomic mass is 10.1. The number of hydrogen-bond donors (Lipinski definition) is 3. The molecule has 0 aromatic heterocycles. The number of nitrogens with zero attached hydrogens (tertiary/aromatic N) is 2. The second-order valence-electron chi connectivity index (χ2n) is 8.21. The van der Waals surface area contributed by atoms with Gasteiger partial charge in [-0.1, -0.05) is 13.0 Å². The number of hydrogen-bond acceptors (Lipinski definition) is 4. The van der Waals surface area contributed by atoms with Crippen LogP contribution in [0.25, 0.3) is 0 Å². The van der Waals surface area contributed by atoms with Gasteiger partial charge >= 0.3 is 6.03 Å². The molecule has 1 saturated heterocycles. The molecule has 0 saturated carbocycles. The molecule has 1 fully saturated rings. The largest absolute Gasteiger partial charge is 0.369 e. The van der Waals surface area contributed by atoms with E-state index < -0.39 is 0 Å². The molecule has 0 spiro atoms. The normalized spacial score (nSPS) is 14.4. The summed E-state index contributed by atoms with van der Waals surface area (Å²) in [6.07, 6.45) is 0. The molecule has 0 aliphatic carbocycles. The van der Waals surface area contributed by atoms with Crippen LogP contribution in [0, 0.1) is 6.92 Å². The van der Waals surface area contributed by atoms with Crippen LogP contribution in [0.15, 0.2) is 42.5 Å². The molecule has 2 aromatic rings. The summed E-state index contributed by atoms with van der Waals surface area (Å²) in [4.78, 5) is 29.5. The SMILES string of the molecule is CCN1CCN(c2ccc(NC(=O)c3cccc(NC(=O)NC(C)C)c3)cc2C)CC1. The van der Waals surface area contributed by atoms with Crippen molar-refractivity contribution in [3.8, 4) is 0 Å². The lowest BCUT2D eigenvalue weighted by molar-refractivity contribution is 0.102. The summed E-state index contributed by atoms with van der Waals surface area (Å²) in [7, 11) is 0. The van der Waals surface area contributed by atoms with Crippen molar-refractivity contribution >= 4 is 29.0 Å². The minimum Gasteiger partial charge on any atom is -0.369 e. The molecule has 2 aromatic carbocycles. The fourth-order valence-corrected chi connectivity index (χ4v) is 3.76. The van der Waals surface area contributed by atoms with Crippen molar-refractivity contribution in [2.45, 2.75) is 33.7 Å². The van der Waals surface area contributed by atoms with Gasteiger partial charge in [-0.15, -0.1) is 0 Å². The topological polar surface area (TPSA) is 76.7 Å². The van der Waals surface area contributed by atoms with Gasteiger partial charge < -0.3 is 25.8 Å². The van der Waals surface area contributed by atoms with Crippen molar-refractivity contribution in [3.05, 3.63) is 53.6 Å². The average Bonchev–Trinajstić information content (AvgIpc) is 2.73. The highest BCUT2D eigenvalue weighted by molar-refractivity contribution is 6.05. The first-order chi connectivity index (χ1) is 14.9. The number of nitrogens with one attached hydrogen (secondary N) is 3. The number of piperazine rings is 1. The fourth-order valence-electron chi connectivity index (χ4n) is 3.76. The Bertz CT molecular complexity index is 920. The molecular formula is C24H33N5O2. The molecule has 1 aliphatic rings. The molecule has 3 N–H and O–H groups in total. The standard InChI is InChI=1S/C24H33N5O2/c1-5-28-11-13-29(14-12-28)22-10-9-21(15-18(22)4)26-23(30)19-7-6-8-20(16-19)27-24(31)25-17(2)3/h6-10,15-17H,5,11-14H2,1-4H3,(H,26,30)(H2,25,27,31). The van der Waals surface area contributed by atoms with Crippen molar-refractivity contribution in [2.24, 2.45) is 0 Å². The van der Waals surface area contributed by atoms with Crippen LogP contribution in [0.1, 0.15) is 36.7 Å². The van der Waals surface area contributed by atoms with Crippen LogP contribution in [0.3, 0.4) is 0 Å². The minimum atomic E-state index is -0.293. The van der Waals surface area contributed by atoms with Gasteiger partial charge in [-0.25, -0.2) is 4.79 Å². The van der Waals surface area contributed by atoms with Gasteiger partial charge in [-0.2, -0.15) is 0 Å². The Morgan fingerprint density at radius 2 is 1.68 bits per heavy atom. The molecule has 166 valence electrons. The first-order valence-corrected chi connectivity index (χ1v) is 10.9. The van der Waals surface area contributed by atoms with Crippen LogP contribution in [0.4, 0.5) is 21.9 Å². The number of carbonyl (C=O) groups excluding carboxylic acids is 2. The summed E-state index contributed by atoms with van der Waals surface area (Å²) in [6, 6.07) is 12.7. The van der Waals surface area contributed by atoms with Crippen molar-refractivity contribution in [1.82, 2.24) is 10.2 Å². The van der Waals surface area contributed by atoms with Crippen LogP contribution < -0.4 is 20.9 Å². The van der Waals surface area contributed by atoms with E-state index in [0.29, 0.717) is 11.3 Å². The van der Waals surface area contributed by atoms with Crippen molar-refractivity contribution in [2.75, 3.05) is 48.3 Å². The predicted octanol–water partition coefficient (Wildman–Crippen LogP) is 3.92. The monoisotopic (exact) mass is 423 g/mol. The Balaban J connectivity index is 1.63. The number of carbonyl (C=O) groups is 2. The number of urea groups is 1. The van der Waals surface area contributed by atoms with E-state index in [-0.39, 0.29) is 18.0 Å². The molecule has 1 heterocycles. The van der Waals surface area contributed by atoms with Crippen molar-refractivity contribution < 1.29 is 9.59 Å². The smallest absolute Gasteiger partial charge is 0.319 e. The minimum absolute atomic E-state index is 0.0354. The summed E-state index contributed by atoms with van der Waals surface area (Å²) >= 11 is 0. The summed E-state index contributed by atoms with van der Waals surface area (Å²) in [5.41, 5.74) is 4.18. The second-order valence-corrected chi connectivity index (χ2v) is 8.21. The Morgan fingerprint density at radius 1 is 0.968 bits per heavy atom. The highest BCUT2D eigenvalue weighted by Gasteiger charge is 2.17. The number of likely N-dealkylation sites (N-methyl/N-ethyl adjacent to an activating group) is 1. The Labute approximate surface area is 184 Å². The van der Waals surface area contributed by atoms with Crippen LogP contribution in [-0.4, -0.2) is 55.6 Å². The summed E-state index contributed by atoms with van der Waals surface area (Å²) in [5.74, 6) is -0.211. The fraction of sp³-hybridized carbons (Fsp3) is 0.417. The molecule has 0 unspecified atom stereocenters. The molecule has 1 aliphatic heterocycles. The number of anilines is 3. The quantitative estimate of drug-likeness (QED) is 0.658. The third kappa shape index (κ3) is 6.21. The van der Waals surface area contributed by atoms with E-state index in [1.165, 1.54) is 5.69 Å². The van der Waals surface area contributed by atoms with E-state index in [4.69, 9.17) is 0 Å². The van der Waals surface area contributed by atoms with E-state index >= 15 is 0 Å². The van der Waals surface area contributed by atoms with Crippen LogP contribution >= 0.6 is 0 Å². The average molecular weight is 424 g/mol. The molecule has 0 bridgehead atoms. The highest BCUT2D eigenvalue weighted by Crippen LogP contribution is 2.25. The molecule has 31 heavy (non-hydrogen) atoms. The summed E-state index contributed by atoms with van der Waals surface area (Å²) < 4.78 is 0. The maximum atomic E-state index is 12.7. The zero-order valence-corrected chi connectivity index (χ0v) is 18.9. The molecule has 0 atom stereocenters. The Hall–Kier alpha value is -3.06. The number of benzene rings is 2. The van der Waals surface area contributed by atoms with Gasteiger partial charge in [-0.05, 0) is 69.3 Å².